The summed E-state index contributed by atoms with van der Waals surface area (Å²) in [5.41, 5.74) is 3.14. The fourth-order valence-corrected chi connectivity index (χ4v) is 4.14. The standard InChI is InChI=1S/C24H31N3O3/c1-29-22-9-7-21(8-10-22)27-13-11-26(12-14-27)18-19-4-2-5-20(16-19)24(28)25-17-23-6-3-15-30-23/h2,4-5,7-10,16,23H,3,6,11-15,17-18H2,1H3,(H,25,28). The first-order valence-electron chi connectivity index (χ1n) is 10.8. The van der Waals surface area contributed by atoms with Gasteiger partial charge in [-0.3, -0.25) is 9.69 Å². The third-order valence-corrected chi connectivity index (χ3v) is 5.92. The lowest BCUT2D eigenvalue weighted by atomic mass is 10.1. The van der Waals surface area contributed by atoms with Gasteiger partial charge in [-0.15, -0.1) is 0 Å². The Balaban J connectivity index is 1.27. The fourth-order valence-electron chi connectivity index (χ4n) is 4.14. The molecule has 30 heavy (non-hydrogen) atoms. The summed E-state index contributed by atoms with van der Waals surface area (Å²) in [7, 11) is 1.69. The van der Waals surface area contributed by atoms with E-state index in [0.29, 0.717) is 6.54 Å². The van der Waals surface area contributed by atoms with Gasteiger partial charge in [-0.1, -0.05) is 12.1 Å². The minimum atomic E-state index is -0.0170. The van der Waals surface area contributed by atoms with Crippen LogP contribution in [-0.2, 0) is 11.3 Å². The van der Waals surface area contributed by atoms with Crippen LogP contribution in [0.15, 0.2) is 48.5 Å². The summed E-state index contributed by atoms with van der Waals surface area (Å²) in [6.45, 7) is 6.26. The van der Waals surface area contributed by atoms with Crippen molar-refractivity contribution in [2.45, 2.75) is 25.5 Å². The molecule has 2 fully saturated rings. The van der Waals surface area contributed by atoms with E-state index in [0.717, 1.165) is 63.5 Å². The van der Waals surface area contributed by atoms with E-state index in [2.05, 4.69) is 33.3 Å². The lowest BCUT2D eigenvalue weighted by molar-refractivity contribution is 0.0857. The number of nitrogens with one attached hydrogen (secondary N) is 1. The Morgan fingerprint density at radius 1 is 1.13 bits per heavy atom. The molecular weight excluding hydrogens is 378 g/mol. The molecule has 1 N–H and O–H groups in total. The van der Waals surface area contributed by atoms with Gasteiger partial charge in [-0.2, -0.15) is 0 Å². The van der Waals surface area contributed by atoms with Gasteiger partial charge in [0.25, 0.3) is 5.91 Å². The Kier molecular flexibility index (Phi) is 6.87. The number of rotatable bonds is 7. The van der Waals surface area contributed by atoms with Gasteiger partial charge in [0.1, 0.15) is 5.75 Å². The number of carbonyl (C=O) groups is 1. The molecule has 0 saturated carbocycles. The van der Waals surface area contributed by atoms with E-state index in [-0.39, 0.29) is 12.0 Å². The molecule has 2 aliphatic rings. The molecule has 1 amide bonds. The van der Waals surface area contributed by atoms with Crippen molar-refractivity contribution in [2.75, 3.05) is 51.3 Å². The Labute approximate surface area is 178 Å². The Hall–Kier alpha value is -2.57. The molecule has 2 heterocycles. The molecule has 1 atom stereocenters. The molecule has 2 aromatic carbocycles. The van der Waals surface area contributed by atoms with Crippen molar-refractivity contribution in [1.82, 2.24) is 10.2 Å². The molecular formula is C24H31N3O3. The van der Waals surface area contributed by atoms with Gasteiger partial charge in [-0.25, -0.2) is 0 Å². The predicted octanol–water partition coefficient (Wildman–Crippen LogP) is 2.93. The first kappa shape index (κ1) is 20.7. The van der Waals surface area contributed by atoms with Crippen molar-refractivity contribution in [1.29, 1.82) is 0 Å². The maximum absolute atomic E-state index is 12.5. The van der Waals surface area contributed by atoms with Crippen LogP contribution in [0, 0.1) is 0 Å². The zero-order valence-electron chi connectivity index (χ0n) is 17.7. The molecule has 0 bridgehead atoms. The van der Waals surface area contributed by atoms with E-state index in [4.69, 9.17) is 9.47 Å². The SMILES string of the molecule is COc1ccc(N2CCN(Cc3cccc(C(=O)NCC4CCCO4)c3)CC2)cc1. The smallest absolute Gasteiger partial charge is 0.251 e. The molecule has 0 aromatic heterocycles. The van der Waals surface area contributed by atoms with E-state index in [1.54, 1.807) is 7.11 Å². The van der Waals surface area contributed by atoms with E-state index in [1.165, 1.54) is 11.3 Å². The predicted molar refractivity (Wildman–Crippen MR) is 118 cm³/mol. The van der Waals surface area contributed by atoms with E-state index < -0.39 is 0 Å². The topological polar surface area (TPSA) is 54.0 Å². The molecule has 2 aromatic rings. The lowest BCUT2D eigenvalue weighted by Crippen LogP contribution is -2.46. The second-order valence-corrected chi connectivity index (χ2v) is 8.01. The number of anilines is 1. The molecule has 2 saturated heterocycles. The quantitative estimate of drug-likeness (QED) is 0.762. The highest BCUT2D eigenvalue weighted by atomic mass is 16.5. The Morgan fingerprint density at radius 2 is 1.93 bits per heavy atom. The van der Waals surface area contributed by atoms with Crippen LogP contribution < -0.4 is 15.0 Å². The molecule has 6 nitrogen and oxygen atoms in total. The van der Waals surface area contributed by atoms with Gasteiger partial charge >= 0.3 is 0 Å². The van der Waals surface area contributed by atoms with Crippen molar-refractivity contribution in [2.24, 2.45) is 0 Å². The van der Waals surface area contributed by atoms with Crippen molar-refractivity contribution in [3.63, 3.8) is 0 Å². The third-order valence-electron chi connectivity index (χ3n) is 5.92. The summed E-state index contributed by atoms with van der Waals surface area (Å²) in [5.74, 6) is 0.869. The monoisotopic (exact) mass is 409 g/mol. The molecule has 1 unspecified atom stereocenters. The highest BCUT2D eigenvalue weighted by Gasteiger charge is 2.19. The summed E-state index contributed by atoms with van der Waals surface area (Å²) in [5, 5.41) is 3.01. The Morgan fingerprint density at radius 3 is 2.63 bits per heavy atom. The number of nitrogens with zero attached hydrogens (tertiary/aromatic N) is 2. The van der Waals surface area contributed by atoms with Crippen LogP contribution in [0.3, 0.4) is 0 Å². The maximum atomic E-state index is 12.5. The number of ether oxygens (including phenoxy) is 2. The second kappa shape index (κ2) is 9.96. The maximum Gasteiger partial charge on any atom is 0.251 e. The molecule has 2 aliphatic heterocycles. The number of amides is 1. The lowest BCUT2D eigenvalue weighted by Gasteiger charge is -2.36. The average molecular weight is 410 g/mol. The zero-order valence-corrected chi connectivity index (χ0v) is 17.7. The van der Waals surface area contributed by atoms with Gasteiger partial charge in [-0.05, 0) is 54.8 Å². The first-order chi connectivity index (χ1) is 14.7. The summed E-state index contributed by atoms with van der Waals surface area (Å²) in [4.78, 5) is 17.4. The van der Waals surface area contributed by atoms with Gasteiger partial charge in [0.15, 0.2) is 0 Å². The van der Waals surface area contributed by atoms with E-state index in [1.807, 2.05) is 30.3 Å². The minimum absolute atomic E-state index is 0.0170. The zero-order chi connectivity index (χ0) is 20.8. The summed E-state index contributed by atoms with van der Waals surface area (Å²) >= 11 is 0. The molecule has 0 aliphatic carbocycles. The van der Waals surface area contributed by atoms with Gasteiger partial charge in [0.2, 0.25) is 0 Å². The van der Waals surface area contributed by atoms with Crippen LogP contribution in [0.4, 0.5) is 5.69 Å². The van der Waals surface area contributed by atoms with Crippen LogP contribution in [0.25, 0.3) is 0 Å². The number of carbonyl (C=O) groups excluding carboxylic acids is 1. The third kappa shape index (κ3) is 5.32. The second-order valence-electron chi connectivity index (χ2n) is 8.01. The molecule has 160 valence electrons. The highest BCUT2D eigenvalue weighted by Crippen LogP contribution is 2.21. The minimum Gasteiger partial charge on any atom is -0.497 e. The van der Waals surface area contributed by atoms with Crippen LogP contribution >= 0.6 is 0 Å². The van der Waals surface area contributed by atoms with Crippen LogP contribution in [0.2, 0.25) is 0 Å². The van der Waals surface area contributed by atoms with Gasteiger partial charge in [0.05, 0.1) is 13.2 Å². The first-order valence-corrected chi connectivity index (χ1v) is 10.8. The molecule has 0 spiro atoms. The molecule has 4 rings (SSSR count). The molecule has 0 radical (unpaired) electrons. The van der Waals surface area contributed by atoms with E-state index in [9.17, 15) is 4.79 Å². The summed E-state index contributed by atoms with van der Waals surface area (Å²) in [6.07, 6.45) is 2.28. The number of benzene rings is 2. The number of methoxy groups -OCH3 is 1. The highest BCUT2D eigenvalue weighted by molar-refractivity contribution is 5.94. The van der Waals surface area contributed by atoms with Crippen LogP contribution in [0.5, 0.6) is 5.75 Å². The largest absolute Gasteiger partial charge is 0.497 e. The van der Waals surface area contributed by atoms with Crippen molar-refractivity contribution in [3.05, 3.63) is 59.7 Å². The fraction of sp³-hybridized carbons (Fsp3) is 0.458. The molecule has 6 heteroatoms. The number of hydrogen-bond donors (Lipinski definition) is 1. The summed E-state index contributed by atoms with van der Waals surface area (Å²) in [6, 6.07) is 16.2. The van der Waals surface area contributed by atoms with Crippen LogP contribution in [-0.4, -0.2) is 63.4 Å². The van der Waals surface area contributed by atoms with Gasteiger partial charge < -0.3 is 19.7 Å². The van der Waals surface area contributed by atoms with Crippen molar-refractivity contribution >= 4 is 11.6 Å². The number of hydrogen-bond acceptors (Lipinski definition) is 5. The number of piperazine rings is 1. The van der Waals surface area contributed by atoms with Crippen molar-refractivity contribution < 1.29 is 14.3 Å². The normalized spacial score (nSPS) is 19.6. The van der Waals surface area contributed by atoms with Crippen LogP contribution in [0.1, 0.15) is 28.8 Å². The van der Waals surface area contributed by atoms with Crippen molar-refractivity contribution in [3.8, 4) is 5.75 Å². The average Bonchev–Trinajstić information content (AvgIpc) is 3.32. The van der Waals surface area contributed by atoms with Gasteiger partial charge in [0, 0.05) is 57.1 Å². The Bertz CT molecular complexity index is 826. The summed E-state index contributed by atoms with van der Waals surface area (Å²) < 4.78 is 10.8. The van der Waals surface area contributed by atoms with E-state index >= 15 is 0 Å².